The Morgan fingerprint density at radius 3 is 2.26 bits per heavy atom. The lowest BCUT2D eigenvalue weighted by atomic mass is 10.1. The van der Waals surface area contributed by atoms with Crippen molar-refractivity contribution < 1.29 is 18.0 Å². The maximum atomic E-state index is 14.0. The number of nitrogens with zero attached hydrogens (tertiary/aromatic N) is 2. The molecule has 0 aliphatic heterocycles. The van der Waals surface area contributed by atoms with Gasteiger partial charge in [0.1, 0.15) is 12.6 Å². The Balaban J connectivity index is 2.05. The Bertz CT molecular complexity index is 1350. The number of nitrogens with one attached hydrogen (secondary N) is 1. The van der Waals surface area contributed by atoms with E-state index in [4.69, 9.17) is 11.6 Å². The molecule has 0 aliphatic carbocycles. The van der Waals surface area contributed by atoms with Crippen LogP contribution in [0.1, 0.15) is 37.8 Å². The van der Waals surface area contributed by atoms with E-state index in [0.717, 1.165) is 16.3 Å². The normalized spacial score (nSPS) is 12.0. The SMILES string of the molecule is CCCNC(=O)[C@@H](CC)N(Cc1ccccc1Cl)C(=O)CN(c1cccc(C)c1)S(=O)(=O)c1ccccc1. The molecule has 202 valence electrons. The Morgan fingerprint density at radius 2 is 1.63 bits per heavy atom. The molecule has 0 aliphatic rings. The molecule has 0 heterocycles. The summed E-state index contributed by atoms with van der Waals surface area (Å²) >= 11 is 6.41. The number of carbonyl (C=O) groups excluding carboxylic acids is 2. The van der Waals surface area contributed by atoms with Crippen LogP contribution in [0.25, 0.3) is 0 Å². The maximum absolute atomic E-state index is 14.0. The summed E-state index contributed by atoms with van der Waals surface area (Å²) in [6, 6.07) is 21.3. The summed E-state index contributed by atoms with van der Waals surface area (Å²) in [6.07, 6.45) is 1.10. The van der Waals surface area contributed by atoms with E-state index in [1.807, 2.05) is 26.8 Å². The van der Waals surface area contributed by atoms with Crippen LogP contribution in [-0.2, 0) is 26.2 Å². The van der Waals surface area contributed by atoms with Gasteiger partial charge in [0.2, 0.25) is 11.8 Å². The van der Waals surface area contributed by atoms with E-state index >= 15 is 0 Å². The average molecular weight is 556 g/mol. The molecule has 0 aromatic heterocycles. The zero-order chi connectivity index (χ0) is 27.7. The van der Waals surface area contributed by atoms with Crippen molar-refractivity contribution in [1.29, 1.82) is 0 Å². The van der Waals surface area contributed by atoms with E-state index in [9.17, 15) is 18.0 Å². The molecule has 0 radical (unpaired) electrons. The number of anilines is 1. The zero-order valence-electron chi connectivity index (χ0n) is 21.9. The molecule has 0 saturated carbocycles. The molecule has 0 bridgehead atoms. The van der Waals surface area contributed by atoms with Gasteiger partial charge in [-0.05, 0) is 61.2 Å². The number of hydrogen-bond acceptors (Lipinski definition) is 4. The molecule has 2 amide bonds. The highest BCUT2D eigenvalue weighted by Gasteiger charge is 2.33. The lowest BCUT2D eigenvalue weighted by Crippen LogP contribution is -2.52. The number of amides is 2. The number of rotatable bonds is 12. The van der Waals surface area contributed by atoms with Crippen LogP contribution in [0, 0.1) is 6.92 Å². The van der Waals surface area contributed by atoms with Crippen LogP contribution in [0.3, 0.4) is 0 Å². The van der Waals surface area contributed by atoms with E-state index in [2.05, 4.69) is 5.32 Å². The fourth-order valence-electron chi connectivity index (χ4n) is 4.13. The highest BCUT2D eigenvalue weighted by atomic mass is 35.5. The number of carbonyl (C=O) groups is 2. The summed E-state index contributed by atoms with van der Waals surface area (Å²) < 4.78 is 28.7. The first-order chi connectivity index (χ1) is 18.2. The number of aryl methyl sites for hydroxylation is 1. The van der Waals surface area contributed by atoms with Crippen LogP contribution in [-0.4, -0.2) is 44.3 Å². The fraction of sp³-hybridized carbons (Fsp3) is 0.310. The zero-order valence-corrected chi connectivity index (χ0v) is 23.5. The number of hydrogen-bond donors (Lipinski definition) is 1. The summed E-state index contributed by atoms with van der Waals surface area (Å²) in [4.78, 5) is 28.6. The van der Waals surface area contributed by atoms with E-state index in [0.29, 0.717) is 29.2 Å². The van der Waals surface area contributed by atoms with Gasteiger partial charge in [0.25, 0.3) is 10.0 Å². The third kappa shape index (κ3) is 7.14. The smallest absolute Gasteiger partial charge is 0.264 e. The van der Waals surface area contributed by atoms with Crippen LogP contribution < -0.4 is 9.62 Å². The van der Waals surface area contributed by atoms with Crippen LogP contribution in [0.4, 0.5) is 5.69 Å². The van der Waals surface area contributed by atoms with Crippen molar-refractivity contribution in [3.05, 3.63) is 95.0 Å². The molecule has 1 atom stereocenters. The fourth-order valence-corrected chi connectivity index (χ4v) is 5.75. The largest absolute Gasteiger partial charge is 0.354 e. The topological polar surface area (TPSA) is 86.8 Å². The minimum absolute atomic E-state index is 0.0591. The van der Waals surface area contributed by atoms with Crippen molar-refractivity contribution in [2.75, 3.05) is 17.4 Å². The number of halogens is 1. The first-order valence-corrected chi connectivity index (χ1v) is 14.5. The monoisotopic (exact) mass is 555 g/mol. The van der Waals surface area contributed by atoms with Crippen molar-refractivity contribution in [2.45, 2.75) is 51.1 Å². The van der Waals surface area contributed by atoms with Gasteiger partial charge in [0, 0.05) is 18.1 Å². The first-order valence-electron chi connectivity index (χ1n) is 12.6. The van der Waals surface area contributed by atoms with Crippen LogP contribution in [0.2, 0.25) is 5.02 Å². The molecule has 0 saturated heterocycles. The summed E-state index contributed by atoms with van der Waals surface area (Å²) in [5.74, 6) is -0.799. The highest BCUT2D eigenvalue weighted by Crippen LogP contribution is 2.26. The van der Waals surface area contributed by atoms with E-state index in [-0.39, 0.29) is 17.3 Å². The maximum Gasteiger partial charge on any atom is 0.264 e. The molecule has 7 nitrogen and oxygen atoms in total. The summed E-state index contributed by atoms with van der Waals surface area (Å²) in [7, 11) is -4.09. The lowest BCUT2D eigenvalue weighted by Gasteiger charge is -2.33. The Hall–Kier alpha value is -3.36. The predicted molar refractivity (Wildman–Crippen MR) is 152 cm³/mol. The van der Waals surface area contributed by atoms with Gasteiger partial charge in [0.15, 0.2) is 0 Å². The average Bonchev–Trinajstić information content (AvgIpc) is 2.91. The molecular formula is C29H34ClN3O4S. The van der Waals surface area contributed by atoms with Crippen LogP contribution in [0.15, 0.2) is 83.8 Å². The standard InChI is InChI=1S/C29H34ClN3O4S/c1-4-18-31-29(35)27(5-2)32(20-23-13-9-10-17-26(23)30)28(34)21-33(24-14-11-12-22(3)19-24)38(36,37)25-15-7-6-8-16-25/h6-17,19,27H,4-5,18,20-21H2,1-3H3,(H,31,35)/t27-/m1/s1. The number of sulfonamides is 1. The van der Waals surface area contributed by atoms with Gasteiger partial charge in [-0.3, -0.25) is 13.9 Å². The minimum atomic E-state index is -4.09. The van der Waals surface area contributed by atoms with Crippen LogP contribution >= 0.6 is 11.6 Å². The molecule has 0 spiro atoms. The molecule has 3 aromatic rings. The van der Waals surface area contributed by atoms with Crippen LogP contribution in [0.5, 0.6) is 0 Å². The molecule has 0 unspecified atom stereocenters. The third-order valence-electron chi connectivity index (χ3n) is 6.13. The lowest BCUT2D eigenvalue weighted by molar-refractivity contribution is -0.140. The molecule has 0 fully saturated rings. The van der Waals surface area contributed by atoms with Gasteiger partial charge in [-0.1, -0.05) is 74.0 Å². The second kappa shape index (κ2) is 13.4. The Morgan fingerprint density at radius 1 is 0.947 bits per heavy atom. The van der Waals surface area contributed by atoms with Crippen molar-refractivity contribution in [2.24, 2.45) is 0 Å². The number of benzene rings is 3. The van der Waals surface area contributed by atoms with E-state index in [1.54, 1.807) is 60.7 Å². The van der Waals surface area contributed by atoms with Gasteiger partial charge in [-0.2, -0.15) is 0 Å². The molecular weight excluding hydrogens is 522 g/mol. The van der Waals surface area contributed by atoms with Crippen molar-refractivity contribution >= 4 is 39.1 Å². The summed E-state index contributed by atoms with van der Waals surface area (Å²) in [6.45, 7) is 5.67. The van der Waals surface area contributed by atoms with E-state index in [1.165, 1.54) is 17.0 Å². The predicted octanol–water partition coefficient (Wildman–Crippen LogP) is 5.18. The second-order valence-electron chi connectivity index (χ2n) is 8.99. The van der Waals surface area contributed by atoms with Gasteiger partial charge in [0.05, 0.1) is 10.6 Å². The van der Waals surface area contributed by atoms with Crippen molar-refractivity contribution in [3.63, 3.8) is 0 Å². The van der Waals surface area contributed by atoms with Gasteiger partial charge in [-0.25, -0.2) is 8.42 Å². The molecule has 3 aromatic carbocycles. The summed E-state index contributed by atoms with van der Waals surface area (Å²) in [5, 5.41) is 3.33. The second-order valence-corrected chi connectivity index (χ2v) is 11.3. The van der Waals surface area contributed by atoms with Crippen molar-refractivity contribution in [1.82, 2.24) is 10.2 Å². The molecule has 38 heavy (non-hydrogen) atoms. The Kier molecular flexibility index (Phi) is 10.3. The summed E-state index contributed by atoms with van der Waals surface area (Å²) in [5.41, 5.74) is 1.88. The quantitative estimate of drug-likeness (QED) is 0.334. The molecule has 9 heteroatoms. The molecule has 3 rings (SSSR count). The Labute approximate surface area is 230 Å². The third-order valence-corrected chi connectivity index (χ3v) is 8.29. The minimum Gasteiger partial charge on any atom is -0.354 e. The highest BCUT2D eigenvalue weighted by molar-refractivity contribution is 7.92. The molecule has 1 N–H and O–H groups in total. The van der Waals surface area contributed by atoms with Gasteiger partial charge < -0.3 is 10.2 Å². The first kappa shape index (κ1) is 29.2. The van der Waals surface area contributed by atoms with Gasteiger partial charge in [-0.15, -0.1) is 0 Å². The van der Waals surface area contributed by atoms with E-state index < -0.39 is 28.5 Å². The van der Waals surface area contributed by atoms with Crippen molar-refractivity contribution in [3.8, 4) is 0 Å². The van der Waals surface area contributed by atoms with Gasteiger partial charge >= 0.3 is 0 Å².